The quantitative estimate of drug-likeness (QED) is 0.687. The van der Waals surface area contributed by atoms with Crippen LogP contribution >= 0.6 is 11.6 Å². The van der Waals surface area contributed by atoms with Crippen LogP contribution in [0.1, 0.15) is 38.7 Å². The summed E-state index contributed by atoms with van der Waals surface area (Å²) in [5.41, 5.74) is 6.94. The minimum Gasteiger partial charge on any atom is -0.398 e. The fourth-order valence-electron chi connectivity index (χ4n) is 2.78. The number of benzene rings is 1. The zero-order valence-corrected chi connectivity index (χ0v) is 12.8. The molecule has 0 unspecified atom stereocenters. The van der Waals surface area contributed by atoms with E-state index in [2.05, 4.69) is 0 Å². The molecule has 0 atom stereocenters. The van der Waals surface area contributed by atoms with Crippen molar-refractivity contribution >= 4 is 34.8 Å². The number of halogens is 1. The van der Waals surface area contributed by atoms with E-state index in [1.54, 1.807) is 12.1 Å². The van der Waals surface area contributed by atoms with Crippen molar-refractivity contribution in [1.82, 2.24) is 0 Å². The lowest BCUT2D eigenvalue weighted by atomic mass is 9.81. The molecule has 20 heavy (non-hydrogen) atoms. The summed E-state index contributed by atoms with van der Waals surface area (Å²) in [7, 11) is 0. The molecule has 0 saturated carbocycles. The van der Waals surface area contributed by atoms with E-state index in [9.17, 15) is 9.59 Å². The van der Waals surface area contributed by atoms with Gasteiger partial charge in [0.1, 0.15) is 0 Å². The van der Waals surface area contributed by atoms with E-state index >= 15 is 0 Å². The van der Waals surface area contributed by atoms with Gasteiger partial charge in [-0.25, -0.2) is 4.90 Å². The van der Waals surface area contributed by atoms with Crippen molar-refractivity contribution in [1.29, 1.82) is 0 Å². The molecule has 1 aliphatic heterocycles. The summed E-state index contributed by atoms with van der Waals surface area (Å²) < 4.78 is 0. The van der Waals surface area contributed by atoms with Crippen LogP contribution < -0.4 is 10.6 Å². The molecule has 1 fully saturated rings. The summed E-state index contributed by atoms with van der Waals surface area (Å²) in [6.45, 7) is 5.71. The fraction of sp³-hybridized carbons (Fsp3) is 0.467. The third-order valence-corrected chi connectivity index (χ3v) is 4.63. The Labute approximate surface area is 123 Å². The van der Waals surface area contributed by atoms with Crippen molar-refractivity contribution in [2.24, 2.45) is 5.41 Å². The summed E-state index contributed by atoms with van der Waals surface area (Å²) in [4.78, 5) is 26.2. The number of aryl methyl sites for hydroxylation is 1. The van der Waals surface area contributed by atoms with Crippen molar-refractivity contribution in [2.75, 3.05) is 10.6 Å². The van der Waals surface area contributed by atoms with E-state index in [1.165, 1.54) is 4.90 Å². The monoisotopic (exact) mass is 294 g/mol. The second kappa shape index (κ2) is 5.09. The second-order valence-electron chi connectivity index (χ2n) is 5.36. The summed E-state index contributed by atoms with van der Waals surface area (Å²) in [6, 6.07) is 3.29. The van der Waals surface area contributed by atoms with Gasteiger partial charge in [-0.2, -0.15) is 0 Å². The molecule has 2 rings (SSSR count). The Hall–Kier alpha value is -1.55. The van der Waals surface area contributed by atoms with Crippen LogP contribution in [0.15, 0.2) is 12.1 Å². The maximum atomic E-state index is 12.7. The van der Waals surface area contributed by atoms with Crippen LogP contribution in [-0.2, 0) is 9.59 Å². The SMILES string of the molecule is CCC1(CC)CC(=O)N(c2cc(Cl)c(N)cc2C)C1=O. The molecule has 0 spiro atoms. The van der Waals surface area contributed by atoms with Gasteiger partial charge in [-0.3, -0.25) is 9.59 Å². The predicted molar refractivity (Wildman–Crippen MR) is 80.7 cm³/mol. The van der Waals surface area contributed by atoms with E-state index in [0.717, 1.165) is 5.56 Å². The first-order valence-corrected chi connectivity index (χ1v) is 7.17. The average Bonchev–Trinajstić information content (AvgIpc) is 2.66. The third kappa shape index (κ3) is 2.08. The summed E-state index contributed by atoms with van der Waals surface area (Å²) in [5.74, 6) is -0.293. The highest BCUT2D eigenvalue weighted by molar-refractivity contribution is 6.34. The van der Waals surface area contributed by atoms with Gasteiger partial charge in [0, 0.05) is 6.42 Å². The summed E-state index contributed by atoms with van der Waals surface area (Å²) in [5, 5.41) is 0.358. The van der Waals surface area contributed by atoms with Gasteiger partial charge in [0.05, 0.1) is 21.8 Å². The number of carbonyl (C=O) groups is 2. The van der Waals surface area contributed by atoms with Crippen molar-refractivity contribution < 1.29 is 9.59 Å². The van der Waals surface area contributed by atoms with Crippen molar-refractivity contribution in [3.8, 4) is 0 Å². The van der Waals surface area contributed by atoms with Crippen LogP contribution in [0.4, 0.5) is 11.4 Å². The maximum Gasteiger partial charge on any atom is 0.240 e. The Morgan fingerprint density at radius 1 is 1.30 bits per heavy atom. The van der Waals surface area contributed by atoms with Gasteiger partial charge in [-0.1, -0.05) is 25.4 Å². The number of anilines is 2. The largest absolute Gasteiger partial charge is 0.398 e. The molecule has 1 aliphatic rings. The normalized spacial score (nSPS) is 17.9. The zero-order chi connectivity index (χ0) is 15.1. The Balaban J connectivity index is 2.51. The minimum atomic E-state index is -0.572. The van der Waals surface area contributed by atoms with E-state index < -0.39 is 5.41 Å². The number of nitrogens with two attached hydrogens (primary N) is 1. The maximum absolute atomic E-state index is 12.7. The van der Waals surface area contributed by atoms with Gasteiger partial charge in [-0.15, -0.1) is 0 Å². The van der Waals surface area contributed by atoms with Gasteiger partial charge in [0.15, 0.2) is 0 Å². The number of nitrogen functional groups attached to an aromatic ring is 1. The molecular formula is C15H19ClN2O2. The first-order valence-electron chi connectivity index (χ1n) is 6.79. The molecule has 2 amide bonds. The lowest BCUT2D eigenvalue weighted by Crippen LogP contribution is -2.35. The lowest BCUT2D eigenvalue weighted by molar-refractivity contribution is -0.126. The molecule has 0 aromatic heterocycles. The Bertz CT molecular complexity index is 579. The van der Waals surface area contributed by atoms with Crippen LogP contribution in [0, 0.1) is 12.3 Å². The van der Waals surface area contributed by atoms with Gasteiger partial charge in [-0.05, 0) is 37.5 Å². The molecule has 0 aliphatic carbocycles. The predicted octanol–water partition coefficient (Wildman–Crippen LogP) is 3.30. The first kappa shape index (κ1) is 14.9. The summed E-state index contributed by atoms with van der Waals surface area (Å²) >= 11 is 6.02. The molecule has 108 valence electrons. The lowest BCUT2D eigenvalue weighted by Gasteiger charge is -2.24. The number of hydrogen-bond acceptors (Lipinski definition) is 3. The molecule has 1 heterocycles. The molecule has 5 heteroatoms. The number of rotatable bonds is 3. The van der Waals surface area contributed by atoms with E-state index in [0.29, 0.717) is 29.2 Å². The smallest absolute Gasteiger partial charge is 0.240 e. The number of imide groups is 1. The van der Waals surface area contributed by atoms with Gasteiger partial charge < -0.3 is 5.73 Å². The van der Waals surface area contributed by atoms with Gasteiger partial charge in [0.25, 0.3) is 0 Å². The molecule has 1 aromatic carbocycles. The number of nitrogens with zero attached hydrogens (tertiary/aromatic N) is 1. The topological polar surface area (TPSA) is 63.4 Å². The molecule has 1 aromatic rings. The Kier molecular flexibility index (Phi) is 3.78. The van der Waals surface area contributed by atoms with Gasteiger partial charge in [0.2, 0.25) is 11.8 Å². The standard InChI is InChI=1S/C15H19ClN2O2/c1-4-15(5-2)8-13(19)18(14(15)20)12-7-10(16)11(17)6-9(12)3/h6-7H,4-5,8,17H2,1-3H3. The average molecular weight is 295 g/mol. The molecule has 2 N–H and O–H groups in total. The van der Waals surface area contributed by atoms with Crippen LogP contribution in [0.25, 0.3) is 0 Å². The van der Waals surface area contributed by atoms with Crippen LogP contribution in [0.5, 0.6) is 0 Å². The van der Waals surface area contributed by atoms with Crippen LogP contribution in [0.2, 0.25) is 5.02 Å². The number of amides is 2. The van der Waals surface area contributed by atoms with Crippen molar-refractivity contribution in [2.45, 2.75) is 40.0 Å². The molecule has 1 saturated heterocycles. The van der Waals surface area contributed by atoms with E-state index in [1.807, 2.05) is 20.8 Å². The number of hydrogen-bond donors (Lipinski definition) is 1. The Morgan fingerprint density at radius 3 is 2.40 bits per heavy atom. The Morgan fingerprint density at radius 2 is 1.90 bits per heavy atom. The third-order valence-electron chi connectivity index (χ3n) is 4.31. The highest BCUT2D eigenvalue weighted by atomic mass is 35.5. The number of carbonyl (C=O) groups excluding carboxylic acids is 2. The minimum absolute atomic E-state index is 0.128. The molecular weight excluding hydrogens is 276 g/mol. The highest BCUT2D eigenvalue weighted by Gasteiger charge is 2.49. The molecule has 4 nitrogen and oxygen atoms in total. The molecule has 0 radical (unpaired) electrons. The summed E-state index contributed by atoms with van der Waals surface area (Å²) in [6.07, 6.45) is 1.58. The second-order valence-corrected chi connectivity index (χ2v) is 5.77. The highest BCUT2D eigenvalue weighted by Crippen LogP contribution is 2.42. The fourth-order valence-corrected chi connectivity index (χ4v) is 2.93. The molecule has 0 bridgehead atoms. The van der Waals surface area contributed by atoms with E-state index in [4.69, 9.17) is 17.3 Å². The first-order chi connectivity index (χ1) is 9.36. The van der Waals surface area contributed by atoms with Gasteiger partial charge >= 0.3 is 0 Å². The van der Waals surface area contributed by atoms with Crippen LogP contribution in [0.3, 0.4) is 0 Å². The van der Waals surface area contributed by atoms with Crippen molar-refractivity contribution in [3.63, 3.8) is 0 Å². The van der Waals surface area contributed by atoms with Crippen LogP contribution in [-0.4, -0.2) is 11.8 Å². The van der Waals surface area contributed by atoms with Crippen molar-refractivity contribution in [3.05, 3.63) is 22.7 Å². The zero-order valence-electron chi connectivity index (χ0n) is 12.0. The van der Waals surface area contributed by atoms with E-state index in [-0.39, 0.29) is 18.2 Å².